The Morgan fingerprint density at radius 2 is 1.93 bits per heavy atom. The minimum Gasteiger partial charge on any atom is -0.300 e. The lowest BCUT2D eigenvalue weighted by Crippen LogP contribution is -1.96. The standard InChI is InChI=1S/C13H14O2/c1-9(14)10-2-4-11(5-3-10)12-6-7-13(15)8-12/h2-5,12H,6-8H2,1H3/t12-/m1/s1. The molecule has 1 aromatic carbocycles. The molecule has 1 aliphatic rings. The number of rotatable bonds is 2. The molecule has 0 aromatic heterocycles. The molecule has 78 valence electrons. The summed E-state index contributed by atoms with van der Waals surface area (Å²) in [6.07, 6.45) is 2.33. The fourth-order valence-corrected chi connectivity index (χ4v) is 2.09. The molecule has 2 rings (SSSR count). The second-order valence-corrected chi connectivity index (χ2v) is 4.16. The summed E-state index contributed by atoms with van der Waals surface area (Å²) in [4.78, 5) is 22.2. The molecule has 0 heterocycles. The lowest BCUT2D eigenvalue weighted by Gasteiger charge is -2.08. The number of hydrogen-bond acceptors (Lipinski definition) is 2. The number of ketones is 2. The van der Waals surface area contributed by atoms with Crippen molar-refractivity contribution in [1.29, 1.82) is 0 Å². The topological polar surface area (TPSA) is 34.1 Å². The van der Waals surface area contributed by atoms with Crippen LogP contribution in [0.2, 0.25) is 0 Å². The highest BCUT2D eigenvalue weighted by Crippen LogP contribution is 2.31. The lowest BCUT2D eigenvalue weighted by molar-refractivity contribution is -0.117. The Hall–Kier alpha value is -1.44. The van der Waals surface area contributed by atoms with Gasteiger partial charge in [-0.1, -0.05) is 24.3 Å². The van der Waals surface area contributed by atoms with Crippen molar-refractivity contribution in [3.8, 4) is 0 Å². The van der Waals surface area contributed by atoms with Crippen LogP contribution in [-0.4, -0.2) is 11.6 Å². The van der Waals surface area contributed by atoms with Crippen LogP contribution in [0.15, 0.2) is 24.3 Å². The van der Waals surface area contributed by atoms with E-state index in [2.05, 4.69) is 0 Å². The summed E-state index contributed by atoms with van der Waals surface area (Å²) in [5, 5.41) is 0. The van der Waals surface area contributed by atoms with E-state index >= 15 is 0 Å². The van der Waals surface area contributed by atoms with Gasteiger partial charge in [-0.3, -0.25) is 9.59 Å². The minimum absolute atomic E-state index is 0.0871. The third-order valence-electron chi connectivity index (χ3n) is 3.03. The van der Waals surface area contributed by atoms with Crippen molar-refractivity contribution in [3.05, 3.63) is 35.4 Å². The Labute approximate surface area is 89.3 Å². The summed E-state index contributed by atoms with van der Waals surface area (Å²) < 4.78 is 0. The maximum Gasteiger partial charge on any atom is 0.159 e. The van der Waals surface area contributed by atoms with Crippen molar-refractivity contribution < 1.29 is 9.59 Å². The fourth-order valence-electron chi connectivity index (χ4n) is 2.09. The van der Waals surface area contributed by atoms with Gasteiger partial charge in [0.2, 0.25) is 0 Å². The zero-order valence-electron chi connectivity index (χ0n) is 8.82. The fraction of sp³-hybridized carbons (Fsp3) is 0.385. The molecule has 0 N–H and O–H groups in total. The van der Waals surface area contributed by atoms with E-state index < -0.39 is 0 Å². The first-order valence-electron chi connectivity index (χ1n) is 5.29. The largest absolute Gasteiger partial charge is 0.300 e. The van der Waals surface area contributed by atoms with Crippen molar-refractivity contribution in [2.24, 2.45) is 0 Å². The minimum atomic E-state index is 0.0871. The smallest absolute Gasteiger partial charge is 0.159 e. The number of carbonyl (C=O) groups excluding carboxylic acids is 2. The van der Waals surface area contributed by atoms with E-state index in [-0.39, 0.29) is 5.78 Å². The summed E-state index contributed by atoms with van der Waals surface area (Å²) in [7, 11) is 0. The predicted octanol–water partition coefficient (Wildman–Crippen LogP) is 2.73. The van der Waals surface area contributed by atoms with Crippen LogP contribution in [0.3, 0.4) is 0 Å². The Morgan fingerprint density at radius 3 is 2.40 bits per heavy atom. The van der Waals surface area contributed by atoms with E-state index in [1.165, 1.54) is 5.56 Å². The maximum atomic E-state index is 11.1. The highest BCUT2D eigenvalue weighted by atomic mass is 16.1. The third-order valence-corrected chi connectivity index (χ3v) is 3.03. The average Bonchev–Trinajstić information content (AvgIpc) is 2.65. The molecule has 1 atom stereocenters. The first-order chi connectivity index (χ1) is 7.16. The van der Waals surface area contributed by atoms with Crippen LogP contribution in [0.5, 0.6) is 0 Å². The Morgan fingerprint density at radius 1 is 1.27 bits per heavy atom. The quantitative estimate of drug-likeness (QED) is 0.691. The van der Waals surface area contributed by atoms with Crippen molar-refractivity contribution in [2.45, 2.75) is 32.1 Å². The van der Waals surface area contributed by atoms with E-state index in [1.54, 1.807) is 6.92 Å². The molecule has 0 spiro atoms. The van der Waals surface area contributed by atoms with Crippen LogP contribution < -0.4 is 0 Å². The van der Waals surface area contributed by atoms with Gasteiger partial charge in [-0.25, -0.2) is 0 Å². The Balaban J connectivity index is 2.17. The SMILES string of the molecule is CC(=O)c1ccc([C@@H]2CCC(=O)C2)cc1. The van der Waals surface area contributed by atoms with Crippen LogP contribution in [0.25, 0.3) is 0 Å². The van der Waals surface area contributed by atoms with Crippen molar-refractivity contribution in [1.82, 2.24) is 0 Å². The normalized spacial score (nSPS) is 20.6. The second kappa shape index (κ2) is 3.97. The van der Waals surface area contributed by atoms with Gasteiger partial charge >= 0.3 is 0 Å². The molecule has 1 aliphatic carbocycles. The van der Waals surface area contributed by atoms with Gasteiger partial charge in [0.15, 0.2) is 5.78 Å². The molecule has 1 saturated carbocycles. The zero-order chi connectivity index (χ0) is 10.8. The van der Waals surface area contributed by atoms with Gasteiger partial charge in [0.1, 0.15) is 5.78 Å². The van der Waals surface area contributed by atoms with Crippen LogP contribution in [-0.2, 0) is 4.79 Å². The van der Waals surface area contributed by atoms with E-state index in [9.17, 15) is 9.59 Å². The Kier molecular flexibility index (Phi) is 2.67. The van der Waals surface area contributed by atoms with Crippen LogP contribution in [0, 0.1) is 0 Å². The van der Waals surface area contributed by atoms with Crippen LogP contribution in [0.4, 0.5) is 0 Å². The van der Waals surface area contributed by atoms with E-state index in [1.807, 2.05) is 24.3 Å². The number of carbonyl (C=O) groups is 2. The van der Waals surface area contributed by atoms with Gasteiger partial charge in [-0.2, -0.15) is 0 Å². The van der Waals surface area contributed by atoms with Crippen LogP contribution >= 0.6 is 0 Å². The summed E-state index contributed by atoms with van der Waals surface area (Å²) in [6, 6.07) is 7.64. The summed E-state index contributed by atoms with van der Waals surface area (Å²) in [5.74, 6) is 0.818. The maximum absolute atomic E-state index is 11.1. The molecular weight excluding hydrogens is 188 g/mol. The van der Waals surface area contributed by atoms with Gasteiger partial charge in [0.05, 0.1) is 0 Å². The third kappa shape index (κ3) is 2.14. The molecule has 15 heavy (non-hydrogen) atoms. The Bertz CT molecular complexity index is 390. The van der Waals surface area contributed by atoms with Crippen molar-refractivity contribution >= 4 is 11.6 Å². The molecule has 0 saturated heterocycles. The van der Waals surface area contributed by atoms with E-state index in [0.717, 1.165) is 12.0 Å². The molecule has 1 fully saturated rings. The van der Waals surface area contributed by atoms with Crippen LogP contribution in [0.1, 0.15) is 48.0 Å². The molecule has 1 aromatic rings. The zero-order valence-corrected chi connectivity index (χ0v) is 8.82. The highest BCUT2D eigenvalue weighted by Gasteiger charge is 2.23. The molecule has 0 amide bonds. The summed E-state index contributed by atoms with van der Waals surface area (Å²) >= 11 is 0. The van der Waals surface area contributed by atoms with Gasteiger partial charge in [0, 0.05) is 18.4 Å². The molecule has 2 heteroatoms. The van der Waals surface area contributed by atoms with Crippen molar-refractivity contribution in [3.63, 3.8) is 0 Å². The molecule has 0 radical (unpaired) electrons. The number of benzene rings is 1. The van der Waals surface area contributed by atoms with Gasteiger partial charge in [0.25, 0.3) is 0 Å². The van der Waals surface area contributed by atoms with E-state index in [4.69, 9.17) is 0 Å². The van der Waals surface area contributed by atoms with Crippen molar-refractivity contribution in [2.75, 3.05) is 0 Å². The van der Waals surface area contributed by atoms with E-state index in [0.29, 0.717) is 24.5 Å². The second-order valence-electron chi connectivity index (χ2n) is 4.16. The number of Topliss-reactive ketones (excluding diaryl/α,β-unsaturated/α-hetero) is 2. The molecule has 0 aliphatic heterocycles. The van der Waals surface area contributed by atoms with Gasteiger partial charge < -0.3 is 0 Å². The first-order valence-corrected chi connectivity index (χ1v) is 5.29. The van der Waals surface area contributed by atoms with Gasteiger partial charge in [-0.05, 0) is 24.8 Å². The highest BCUT2D eigenvalue weighted by molar-refractivity contribution is 5.94. The first kappa shape index (κ1) is 10.1. The summed E-state index contributed by atoms with van der Waals surface area (Å²) in [6.45, 7) is 1.56. The van der Waals surface area contributed by atoms with Gasteiger partial charge in [-0.15, -0.1) is 0 Å². The molecule has 0 bridgehead atoms. The molecule has 0 unspecified atom stereocenters. The summed E-state index contributed by atoms with van der Waals surface area (Å²) in [5.41, 5.74) is 1.92. The average molecular weight is 202 g/mol. The predicted molar refractivity (Wildman–Crippen MR) is 58.0 cm³/mol. The lowest BCUT2D eigenvalue weighted by atomic mass is 9.96. The molecular formula is C13H14O2. The number of hydrogen-bond donors (Lipinski definition) is 0. The molecule has 2 nitrogen and oxygen atoms in total. The monoisotopic (exact) mass is 202 g/mol.